The molecule has 0 aliphatic rings. The molecular weight excluding hydrogens is 296 g/mol. The van der Waals surface area contributed by atoms with Crippen molar-refractivity contribution < 1.29 is 22.7 Å². The van der Waals surface area contributed by atoms with Crippen LogP contribution in [0.2, 0.25) is 0 Å². The van der Waals surface area contributed by atoms with Gasteiger partial charge < -0.3 is 14.3 Å². The summed E-state index contributed by atoms with van der Waals surface area (Å²) in [6, 6.07) is 4.38. The number of nitrogens with one attached hydrogen (secondary N) is 1. The Kier molecular flexibility index (Phi) is 4.61. The fourth-order valence-electron chi connectivity index (χ4n) is 1.75. The van der Waals surface area contributed by atoms with Gasteiger partial charge in [0.15, 0.2) is 0 Å². The summed E-state index contributed by atoms with van der Waals surface area (Å²) in [6.07, 6.45) is 1.51. The lowest BCUT2D eigenvalue weighted by Gasteiger charge is -2.11. The van der Waals surface area contributed by atoms with Gasteiger partial charge in [-0.3, -0.25) is 0 Å². The summed E-state index contributed by atoms with van der Waals surface area (Å²) < 4.78 is 37.2. The van der Waals surface area contributed by atoms with E-state index in [4.69, 9.17) is 14.3 Å². The number of aryl methyl sites for hydroxylation is 1. The van der Waals surface area contributed by atoms with E-state index in [-0.39, 0.29) is 29.7 Å². The molecule has 0 saturated heterocycles. The van der Waals surface area contributed by atoms with E-state index in [0.717, 1.165) is 0 Å². The maximum Gasteiger partial charge on any atom is 0.244 e. The van der Waals surface area contributed by atoms with Crippen LogP contribution in [0.5, 0.6) is 5.75 Å². The minimum Gasteiger partial charge on any atom is -0.495 e. The summed E-state index contributed by atoms with van der Waals surface area (Å²) in [4.78, 5) is 3.92. The first-order valence-corrected chi connectivity index (χ1v) is 7.63. The van der Waals surface area contributed by atoms with Crippen molar-refractivity contribution in [3.63, 3.8) is 0 Å². The van der Waals surface area contributed by atoms with Gasteiger partial charge in [-0.15, -0.1) is 0 Å². The highest BCUT2D eigenvalue weighted by molar-refractivity contribution is 7.89. The molecule has 0 atom stereocenters. The number of hydrogen-bond donors (Lipinski definition) is 2. The molecule has 0 spiro atoms. The van der Waals surface area contributed by atoms with E-state index in [1.807, 2.05) is 0 Å². The Labute approximate surface area is 122 Å². The summed E-state index contributed by atoms with van der Waals surface area (Å²) in [5.74, 6) is 1.05. The van der Waals surface area contributed by atoms with Gasteiger partial charge in [-0.1, -0.05) is 6.07 Å². The molecule has 0 bridgehead atoms. The Morgan fingerprint density at radius 2 is 2.19 bits per heavy atom. The first kappa shape index (κ1) is 15.5. The molecule has 0 fully saturated rings. The van der Waals surface area contributed by atoms with Gasteiger partial charge in [-0.05, 0) is 24.6 Å². The van der Waals surface area contributed by atoms with Gasteiger partial charge in [0, 0.05) is 0 Å². The van der Waals surface area contributed by atoms with E-state index in [9.17, 15) is 8.42 Å². The molecule has 0 aliphatic heterocycles. The molecule has 0 aliphatic carbocycles. The number of sulfonamides is 1. The zero-order chi connectivity index (χ0) is 15.5. The highest BCUT2D eigenvalue weighted by atomic mass is 32.2. The SMILES string of the molecule is COc1cc(CO)ccc1S(=O)(=O)NCc1ncc(C)o1. The van der Waals surface area contributed by atoms with Gasteiger partial charge in [0.1, 0.15) is 16.4 Å². The second-order valence-corrected chi connectivity index (χ2v) is 6.07. The Hall–Kier alpha value is -1.90. The van der Waals surface area contributed by atoms with Gasteiger partial charge in [-0.2, -0.15) is 0 Å². The molecule has 114 valence electrons. The number of oxazole rings is 1. The second-order valence-electron chi connectivity index (χ2n) is 4.33. The summed E-state index contributed by atoms with van der Waals surface area (Å²) in [5, 5.41) is 9.06. The highest BCUT2D eigenvalue weighted by Crippen LogP contribution is 2.25. The molecular formula is C13H16N2O5S. The summed E-state index contributed by atoms with van der Waals surface area (Å²) >= 11 is 0. The van der Waals surface area contributed by atoms with Gasteiger partial charge in [0.2, 0.25) is 15.9 Å². The lowest BCUT2D eigenvalue weighted by molar-refractivity contribution is 0.280. The molecule has 7 nitrogen and oxygen atoms in total. The van der Waals surface area contributed by atoms with Crippen molar-refractivity contribution >= 4 is 10.0 Å². The van der Waals surface area contributed by atoms with Crippen molar-refractivity contribution in [3.8, 4) is 5.75 Å². The van der Waals surface area contributed by atoms with E-state index in [1.165, 1.54) is 31.5 Å². The second kappa shape index (κ2) is 6.25. The zero-order valence-corrected chi connectivity index (χ0v) is 12.5. The highest BCUT2D eigenvalue weighted by Gasteiger charge is 2.20. The van der Waals surface area contributed by atoms with Crippen molar-refractivity contribution in [1.29, 1.82) is 0 Å². The van der Waals surface area contributed by atoms with E-state index >= 15 is 0 Å². The van der Waals surface area contributed by atoms with Crippen molar-refractivity contribution in [3.05, 3.63) is 41.6 Å². The van der Waals surface area contributed by atoms with Gasteiger partial charge >= 0.3 is 0 Å². The van der Waals surface area contributed by atoms with E-state index < -0.39 is 10.0 Å². The van der Waals surface area contributed by atoms with E-state index in [0.29, 0.717) is 11.3 Å². The first-order valence-electron chi connectivity index (χ1n) is 6.15. The Morgan fingerprint density at radius 3 is 2.76 bits per heavy atom. The third-order valence-corrected chi connectivity index (χ3v) is 4.22. The van der Waals surface area contributed by atoms with Crippen LogP contribution in [0.25, 0.3) is 0 Å². The summed E-state index contributed by atoms with van der Waals surface area (Å²) in [6.45, 7) is 1.47. The molecule has 21 heavy (non-hydrogen) atoms. The first-order chi connectivity index (χ1) is 9.96. The monoisotopic (exact) mass is 312 g/mol. The van der Waals surface area contributed by atoms with Crippen LogP contribution in [-0.2, 0) is 23.2 Å². The van der Waals surface area contributed by atoms with Crippen molar-refractivity contribution in [2.45, 2.75) is 25.0 Å². The average molecular weight is 312 g/mol. The van der Waals surface area contributed by atoms with Crippen LogP contribution in [0.3, 0.4) is 0 Å². The summed E-state index contributed by atoms with van der Waals surface area (Å²) in [7, 11) is -2.41. The van der Waals surface area contributed by atoms with Crippen LogP contribution < -0.4 is 9.46 Å². The van der Waals surface area contributed by atoms with Crippen LogP contribution >= 0.6 is 0 Å². The smallest absolute Gasteiger partial charge is 0.244 e. The lowest BCUT2D eigenvalue weighted by atomic mass is 10.2. The topological polar surface area (TPSA) is 102 Å². The van der Waals surface area contributed by atoms with Crippen molar-refractivity contribution in [1.82, 2.24) is 9.71 Å². The predicted molar refractivity (Wildman–Crippen MR) is 74.2 cm³/mol. The molecule has 8 heteroatoms. The van der Waals surface area contributed by atoms with Crippen LogP contribution in [0, 0.1) is 6.92 Å². The molecule has 2 rings (SSSR count). The number of aliphatic hydroxyl groups excluding tert-OH is 1. The standard InChI is InChI=1S/C13H16N2O5S/c1-9-6-14-13(20-9)7-15-21(17,18)12-4-3-10(8-16)5-11(12)19-2/h3-6,15-16H,7-8H2,1-2H3. The number of aliphatic hydroxyl groups is 1. The number of hydrogen-bond acceptors (Lipinski definition) is 6. The molecule has 1 aromatic heterocycles. The minimum atomic E-state index is -3.77. The number of benzene rings is 1. The van der Waals surface area contributed by atoms with Crippen LogP contribution in [0.1, 0.15) is 17.2 Å². The molecule has 2 N–H and O–H groups in total. The number of ether oxygens (including phenoxy) is 1. The Balaban J connectivity index is 2.22. The van der Waals surface area contributed by atoms with Crippen molar-refractivity contribution in [2.75, 3.05) is 7.11 Å². The zero-order valence-electron chi connectivity index (χ0n) is 11.7. The molecule has 2 aromatic rings. The predicted octanol–water partition coefficient (Wildman–Crippen LogP) is 0.962. The average Bonchev–Trinajstić information content (AvgIpc) is 2.90. The van der Waals surface area contributed by atoms with Gasteiger partial charge in [0.05, 0.1) is 26.5 Å². The number of nitrogens with zero attached hydrogens (tertiary/aromatic N) is 1. The fourth-order valence-corrected chi connectivity index (χ4v) is 2.87. The Morgan fingerprint density at radius 1 is 1.43 bits per heavy atom. The third kappa shape index (κ3) is 3.60. The maximum absolute atomic E-state index is 12.3. The fraction of sp³-hybridized carbons (Fsp3) is 0.308. The van der Waals surface area contributed by atoms with Crippen LogP contribution in [0.4, 0.5) is 0 Å². The molecule has 0 amide bonds. The molecule has 0 radical (unpaired) electrons. The minimum absolute atomic E-state index is 0.00882. The molecule has 0 saturated carbocycles. The number of methoxy groups -OCH3 is 1. The van der Waals surface area contributed by atoms with Gasteiger partial charge in [0.25, 0.3) is 0 Å². The summed E-state index contributed by atoms with van der Waals surface area (Å²) in [5.41, 5.74) is 0.564. The third-order valence-electron chi connectivity index (χ3n) is 2.78. The van der Waals surface area contributed by atoms with E-state index in [2.05, 4.69) is 9.71 Å². The van der Waals surface area contributed by atoms with E-state index in [1.54, 1.807) is 6.92 Å². The largest absolute Gasteiger partial charge is 0.495 e. The lowest BCUT2D eigenvalue weighted by Crippen LogP contribution is -2.24. The van der Waals surface area contributed by atoms with Crippen molar-refractivity contribution in [2.24, 2.45) is 0 Å². The van der Waals surface area contributed by atoms with Crippen LogP contribution in [0.15, 0.2) is 33.7 Å². The van der Waals surface area contributed by atoms with Gasteiger partial charge in [-0.25, -0.2) is 18.1 Å². The van der Waals surface area contributed by atoms with Crippen LogP contribution in [-0.4, -0.2) is 25.6 Å². The molecule has 0 unspecified atom stereocenters. The normalized spacial score (nSPS) is 11.6. The number of rotatable bonds is 6. The molecule has 1 aromatic carbocycles. The number of aromatic nitrogens is 1. The maximum atomic E-state index is 12.3. The molecule has 1 heterocycles. The Bertz CT molecular complexity index is 724. The quantitative estimate of drug-likeness (QED) is 0.824.